The van der Waals surface area contributed by atoms with Gasteiger partial charge in [0.2, 0.25) is 5.91 Å². The Balaban J connectivity index is 2.95. The first-order valence-corrected chi connectivity index (χ1v) is 6.28. The predicted octanol–water partition coefficient (Wildman–Crippen LogP) is 1.40. The fraction of sp³-hybridized carbons (Fsp3) is 0.417. The Hall–Kier alpha value is -1.82. The Morgan fingerprint density at radius 2 is 2.11 bits per heavy atom. The van der Waals surface area contributed by atoms with Crippen molar-refractivity contribution in [1.82, 2.24) is 10.3 Å². The summed E-state index contributed by atoms with van der Waals surface area (Å²) in [5.74, 6) is -0.922. The average Bonchev–Trinajstić information content (AvgIpc) is 2.36. The number of pyridine rings is 1. The predicted molar refractivity (Wildman–Crippen MR) is 72.8 cm³/mol. The van der Waals surface area contributed by atoms with E-state index >= 15 is 0 Å². The van der Waals surface area contributed by atoms with Crippen LogP contribution < -0.4 is 10.2 Å². The number of rotatable bonds is 6. The molecule has 0 aliphatic rings. The molecule has 1 heterocycles. The average molecular weight is 286 g/mol. The highest BCUT2D eigenvalue weighted by molar-refractivity contribution is 6.33. The van der Waals surface area contributed by atoms with Crippen LogP contribution in [-0.2, 0) is 4.79 Å². The van der Waals surface area contributed by atoms with Gasteiger partial charge in [-0.1, -0.05) is 11.6 Å². The number of halogens is 1. The molecule has 1 amide bonds. The van der Waals surface area contributed by atoms with E-state index in [1.165, 1.54) is 6.07 Å². The number of nitrogens with zero attached hydrogens (tertiary/aromatic N) is 2. The molecule has 104 valence electrons. The minimum Gasteiger partial charge on any atom is -0.476 e. The number of hydrogen-bond donors (Lipinski definition) is 2. The van der Waals surface area contributed by atoms with Crippen molar-refractivity contribution in [1.29, 1.82) is 0 Å². The third-order valence-electron chi connectivity index (χ3n) is 2.45. The Morgan fingerprint density at radius 3 is 2.63 bits per heavy atom. The molecule has 1 rings (SSSR count). The second kappa shape index (κ2) is 6.94. The lowest BCUT2D eigenvalue weighted by molar-refractivity contribution is -0.119. The number of aromatic carboxylic acids is 1. The lowest BCUT2D eigenvalue weighted by Gasteiger charge is -2.21. The van der Waals surface area contributed by atoms with Crippen molar-refractivity contribution in [2.45, 2.75) is 13.8 Å². The fourth-order valence-electron chi connectivity index (χ4n) is 1.54. The molecule has 0 bridgehead atoms. The fourth-order valence-corrected chi connectivity index (χ4v) is 1.73. The summed E-state index contributed by atoms with van der Waals surface area (Å²) in [7, 11) is 0. The van der Waals surface area contributed by atoms with Crippen molar-refractivity contribution in [2.24, 2.45) is 0 Å². The van der Waals surface area contributed by atoms with Crippen LogP contribution in [0.1, 0.15) is 24.3 Å². The van der Waals surface area contributed by atoms with Gasteiger partial charge < -0.3 is 15.3 Å². The summed E-state index contributed by atoms with van der Waals surface area (Å²) < 4.78 is 0. The van der Waals surface area contributed by atoms with E-state index in [0.717, 1.165) is 0 Å². The zero-order valence-electron chi connectivity index (χ0n) is 10.8. The number of nitrogens with one attached hydrogen (secondary N) is 1. The molecule has 2 N–H and O–H groups in total. The van der Waals surface area contributed by atoms with Crippen LogP contribution in [-0.4, -0.2) is 41.6 Å². The third kappa shape index (κ3) is 4.10. The van der Waals surface area contributed by atoms with E-state index in [1.807, 2.05) is 13.8 Å². The highest BCUT2D eigenvalue weighted by Gasteiger charge is 2.16. The van der Waals surface area contributed by atoms with Crippen molar-refractivity contribution >= 4 is 29.3 Å². The van der Waals surface area contributed by atoms with E-state index in [2.05, 4.69) is 10.3 Å². The minimum atomic E-state index is -1.19. The van der Waals surface area contributed by atoms with E-state index in [1.54, 1.807) is 11.0 Å². The lowest BCUT2D eigenvalue weighted by Crippen LogP contribution is -2.37. The SMILES string of the molecule is CCNC(=O)CN(CC)c1ccc(Cl)c(C(=O)O)n1. The summed E-state index contributed by atoms with van der Waals surface area (Å²) in [4.78, 5) is 28.2. The largest absolute Gasteiger partial charge is 0.476 e. The second-order valence-corrected chi connectivity index (χ2v) is 4.18. The highest BCUT2D eigenvalue weighted by atomic mass is 35.5. The first-order valence-electron chi connectivity index (χ1n) is 5.91. The van der Waals surface area contributed by atoms with Gasteiger partial charge in [-0.3, -0.25) is 4.79 Å². The molecule has 6 nitrogen and oxygen atoms in total. The van der Waals surface area contributed by atoms with Crippen LogP contribution in [0.15, 0.2) is 12.1 Å². The topological polar surface area (TPSA) is 82.5 Å². The molecule has 0 aliphatic heterocycles. The van der Waals surface area contributed by atoms with Crippen LogP contribution in [0.2, 0.25) is 5.02 Å². The van der Waals surface area contributed by atoms with Crippen LogP contribution in [0.5, 0.6) is 0 Å². The number of likely N-dealkylation sites (N-methyl/N-ethyl adjacent to an activating group) is 2. The normalized spacial score (nSPS) is 10.1. The van der Waals surface area contributed by atoms with Crippen LogP contribution in [0.4, 0.5) is 5.82 Å². The van der Waals surface area contributed by atoms with Crippen LogP contribution in [0.3, 0.4) is 0 Å². The summed E-state index contributed by atoms with van der Waals surface area (Å²) >= 11 is 5.75. The van der Waals surface area contributed by atoms with Crippen LogP contribution in [0, 0.1) is 0 Å². The van der Waals surface area contributed by atoms with Gasteiger partial charge in [0, 0.05) is 13.1 Å². The van der Waals surface area contributed by atoms with E-state index in [9.17, 15) is 9.59 Å². The summed E-state index contributed by atoms with van der Waals surface area (Å²) in [5.41, 5.74) is -0.214. The number of aromatic nitrogens is 1. The summed E-state index contributed by atoms with van der Waals surface area (Å²) in [6.07, 6.45) is 0. The van der Waals surface area contributed by atoms with Gasteiger partial charge in [0.15, 0.2) is 5.69 Å². The van der Waals surface area contributed by atoms with Gasteiger partial charge in [0.25, 0.3) is 0 Å². The molecule has 1 aromatic heterocycles. The second-order valence-electron chi connectivity index (χ2n) is 3.77. The van der Waals surface area contributed by atoms with Crippen LogP contribution >= 0.6 is 11.6 Å². The number of carboxylic acid groups (broad SMARTS) is 1. The smallest absolute Gasteiger partial charge is 0.356 e. The Labute approximate surface area is 116 Å². The Bertz CT molecular complexity index is 479. The Morgan fingerprint density at radius 1 is 1.42 bits per heavy atom. The molecule has 0 aliphatic carbocycles. The van der Waals surface area contributed by atoms with Crippen molar-refractivity contribution in [3.05, 3.63) is 22.8 Å². The zero-order chi connectivity index (χ0) is 14.4. The van der Waals surface area contributed by atoms with Crippen molar-refractivity contribution < 1.29 is 14.7 Å². The van der Waals surface area contributed by atoms with Gasteiger partial charge in [-0.15, -0.1) is 0 Å². The molecule has 0 atom stereocenters. The first-order chi connectivity index (χ1) is 8.99. The molecule has 0 saturated carbocycles. The minimum absolute atomic E-state index is 0.0744. The van der Waals surface area contributed by atoms with Gasteiger partial charge in [0.1, 0.15) is 5.82 Å². The molecular weight excluding hydrogens is 270 g/mol. The van der Waals surface area contributed by atoms with Gasteiger partial charge in [-0.2, -0.15) is 0 Å². The molecule has 19 heavy (non-hydrogen) atoms. The highest BCUT2D eigenvalue weighted by Crippen LogP contribution is 2.19. The maximum Gasteiger partial charge on any atom is 0.356 e. The number of amides is 1. The van der Waals surface area contributed by atoms with E-state index in [4.69, 9.17) is 16.7 Å². The molecule has 1 aromatic rings. The van der Waals surface area contributed by atoms with E-state index in [0.29, 0.717) is 18.9 Å². The van der Waals surface area contributed by atoms with Gasteiger partial charge >= 0.3 is 5.97 Å². The molecule has 7 heteroatoms. The summed E-state index contributed by atoms with van der Waals surface area (Å²) in [6.45, 7) is 4.89. The molecule has 0 aromatic carbocycles. The lowest BCUT2D eigenvalue weighted by atomic mass is 10.3. The molecule has 0 spiro atoms. The molecule has 0 saturated heterocycles. The van der Waals surface area contributed by atoms with Gasteiger partial charge in [0.05, 0.1) is 11.6 Å². The number of carbonyl (C=O) groups excluding carboxylic acids is 1. The van der Waals surface area contributed by atoms with Crippen molar-refractivity contribution in [3.63, 3.8) is 0 Å². The zero-order valence-corrected chi connectivity index (χ0v) is 11.6. The van der Waals surface area contributed by atoms with Crippen molar-refractivity contribution in [2.75, 3.05) is 24.5 Å². The maximum atomic E-state index is 11.5. The van der Waals surface area contributed by atoms with Crippen LogP contribution in [0.25, 0.3) is 0 Å². The number of anilines is 1. The molecule has 0 unspecified atom stereocenters. The van der Waals surface area contributed by atoms with Crippen molar-refractivity contribution in [3.8, 4) is 0 Å². The first kappa shape index (κ1) is 15.2. The standard InChI is InChI=1S/C12H16ClN3O3/c1-3-14-10(17)7-16(4-2)9-6-5-8(13)11(15-9)12(18)19/h5-6H,3-4,7H2,1-2H3,(H,14,17)(H,18,19). The number of carboxylic acids is 1. The quantitative estimate of drug-likeness (QED) is 0.825. The molecular formula is C12H16ClN3O3. The summed E-state index contributed by atoms with van der Waals surface area (Å²) in [6, 6.07) is 3.06. The monoisotopic (exact) mass is 285 g/mol. The van der Waals surface area contributed by atoms with E-state index < -0.39 is 5.97 Å². The third-order valence-corrected chi connectivity index (χ3v) is 2.75. The van der Waals surface area contributed by atoms with Gasteiger partial charge in [-0.25, -0.2) is 9.78 Å². The summed E-state index contributed by atoms with van der Waals surface area (Å²) in [5, 5.41) is 11.7. The molecule has 0 radical (unpaired) electrons. The number of hydrogen-bond acceptors (Lipinski definition) is 4. The number of carbonyl (C=O) groups is 2. The Kier molecular flexibility index (Phi) is 5.57. The maximum absolute atomic E-state index is 11.5. The van der Waals surface area contributed by atoms with E-state index in [-0.39, 0.29) is 23.2 Å². The van der Waals surface area contributed by atoms with Gasteiger partial charge in [-0.05, 0) is 26.0 Å². The molecule has 0 fully saturated rings.